The summed E-state index contributed by atoms with van der Waals surface area (Å²) in [6, 6.07) is 15.9. The van der Waals surface area contributed by atoms with E-state index in [-0.39, 0.29) is 11.7 Å². The third-order valence-electron chi connectivity index (χ3n) is 5.05. The molecule has 0 atom stereocenters. The molecule has 1 saturated heterocycles. The second-order valence-corrected chi connectivity index (χ2v) is 8.56. The minimum absolute atomic E-state index is 0.0504. The van der Waals surface area contributed by atoms with E-state index in [1.165, 1.54) is 17.4 Å². The Morgan fingerprint density at radius 2 is 1.83 bits per heavy atom. The predicted molar refractivity (Wildman–Crippen MR) is 118 cm³/mol. The highest BCUT2D eigenvalue weighted by Crippen LogP contribution is 2.25. The lowest BCUT2D eigenvalue weighted by atomic mass is 10.2. The Balaban J connectivity index is 1.29. The number of carbonyl (C=O) groups excluding carboxylic acids is 1. The van der Waals surface area contributed by atoms with Crippen LogP contribution in [0, 0.1) is 5.82 Å². The predicted octanol–water partition coefficient (Wildman–Crippen LogP) is 5.08. The number of halogens is 2. The average molecular weight is 445 g/mol. The quantitative estimate of drug-likeness (QED) is 0.531. The molecular formula is C23H22ClFN2O2S. The summed E-state index contributed by atoms with van der Waals surface area (Å²) in [5, 5.41) is 2.52. The first-order valence-corrected chi connectivity index (χ1v) is 11.0. The molecule has 1 aliphatic heterocycles. The summed E-state index contributed by atoms with van der Waals surface area (Å²) in [5.74, 6) is 0.468. The van der Waals surface area contributed by atoms with E-state index in [9.17, 15) is 9.18 Å². The van der Waals surface area contributed by atoms with Gasteiger partial charge >= 0.3 is 0 Å². The minimum Gasteiger partial charge on any atom is -0.487 e. The highest BCUT2D eigenvalue weighted by atomic mass is 35.5. The van der Waals surface area contributed by atoms with Crippen LogP contribution in [0.2, 0.25) is 5.02 Å². The molecule has 1 amide bonds. The molecule has 4 nitrogen and oxygen atoms in total. The summed E-state index contributed by atoms with van der Waals surface area (Å²) in [4.78, 5) is 17.7. The fourth-order valence-electron chi connectivity index (χ4n) is 3.44. The molecule has 0 N–H and O–H groups in total. The summed E-state index contributed by atoms with van der Waals surface area (Å²) in [6.07, 6.45) is 0. The van der Waals surface area contributed by atoms with Crippen LogP contribution in [0.25, 0.3) is 0 Å². The lowest BCUT2D eigenvalue weighted by molar-refractivity contribution is 0.0633. The Hall–Kier alpha value is -2.41. The maximum atomic E-state index is 13.4. The van der Waals surface area contributed by atoms with Gasteiger partial charge in [-0.15, -0.1) is 11.3 Å². The number of benzene rings is 2. The highest BCUT2D eigenvalue weighted by Gasteiger charge is 2.23. The zero-order valence-electron chi connectivity index (χ0n) is 16.4. The molecule has 0 unspecified atom stereocenters. The first-order chi connectivity index (χ1) is 14.6. The van der Waals surface area contributed by atoms with Gasteiger partial charge in [-0.2, -0.15) is 0 Å². The molecule has 0 bridgehead atoms. The van der Waals surface area contributed by atoms with Crippen molar-refractivity contribution >= 4 is 28.8 Å². The molecule has 0 aliphatic carbocycles. The molecule has 2 heterocycles. The Labute approximate surface area is 184 Å². The van der Waals surface area contributed by atoms with Crippen LogP contribution in [0.4, 0.5) is 4.39 Å². The number of carbonyl (C=O) groups is 1. The van der Waals surface area contributed by atoms with Crippen molar-refractivity contribution in [2.45, 2.75) is 13.2 Å². The standard InChI is InChI=1S/C23H22ClFN2O2S/c24-20-6-1-2-7-21(20)29-15-18-13-22(30-16-18)23(28)27-10-8-26(9-11-27)14-17-4-3-5-19(25)12-17/h1-7,12-13,16H,8-11,14-15H2. The van der Waals surface area contributed by atoms with Gasteiger partial charge in [-0.3, -0.25) is 9.69 Å². The van der Waals surface area contributed by atoms with E-state index in [2.05, 4.69) is 4.90 Å². The van der Waals surface area contributed by atoms with E-state index in [4.69, 9.17) is 16.3 Å². The Bertz CT molecular complexity index is 1020. The monoisotopic (exact) mass is 444 g/mol. The SMILES string of the molecule is O=C(c1cc(COc2ccccc2Cl)cs1)N1CCN(Cc2cccc(F)c2)CC1. The van der Waals surface area contributed by atoms with Gasteiger partial charge in [0.1, 0.15) is 18.2 Å². The van der Waals surface area contributed by atoms with Gasteiger partial charge < -0.3 is 9.64 Å². The second kappa shape index (κ2) is 9.60. The van der Waals surface area contributed by atoms with Gasteiger partial charge in [-0.1, -0.05) is 35.9 Å². The van der Waals surface area contributed by atoms with Crippen molar-refractivity contribution in [2.24, 2.45) is 0 Å². The molecule has 0 spiro atoms. The van der Waals surface area contributed by atoms with Crippen LogP contribution in [0.15, 0.2) is 60.0 Å². The number of rotatable bonds is 6. The number of nitrogens with zero attached hydrogens (tertiary/aromatic N) is 2. The molecule has 7 heteroatoms. The minimum atomic E-state index is -0.215. The van der Waals surface area contributed by atoms with Gasteiger partial charge in [0.2, 0.25) is 0 Å². The molecule has 1 fully saturated rings. The van der Waals surface area contributed by atoms with Gasteiger partial charge in [-0.25, -0.2) is 4.39 Å². The van der Waals surface area contributed by atoms with E-state index in [1.54, 1.807) is 18.2 Å². The molecule has 1 aliphatic rings. The van der Waals surface area contributed by atoms with Crippen molar-refractivity contribution < 1.29 is 13.9 Å². The first-order valence-electron chi connectivity index (χ1n) is 9.79. The summed E-state index contributed by atoms with van der Waals surface area (Å²) in [6.45, 7) is 3.94. The summed E-state index contributed by atoms with van der Waals surface area (Å²) in [7, 11) is 0. The largest absolute Gasteiger partial charge is 0.487 e. The Kier molecular flexibility index (Phi) is 6.67. The van der Waals surface area contributed by atoms with E-state index in [0.29, 0.717) is 41.9 Å². The number of amides is 1. The van der Waals surface area contributed by atoms with Crippen molar-refractivity contribution in [3.63, 3.8) is 0 Å². The number of piperazine rings is 1. The first kappa shape index (κ1) is 20.8. The molecule has 30 heavy (non-hydrogen) atoms. The smallest absolute Gasteiger partial charge is 0.264 e. The van der Waals surface area contributed by atoms with Gasteiger partial charge in [-0.05, 0) is 41.3 Å². The zero-order valence-corrected chi connectivity index (χ0v) is 18.0. The van der Waals surface area contributed by atoms with Crippen LogP contribution in [0.5, 0.6) is 5.75 Å². The van der Waals surface area contributed by atoms with Crippen molar-refractivity contribution in [3.05, 3.63) is 86.8 Å². The fourth-order valence-corrected chi connectivity index (χ4v) is 4.50. The number of hydrogen-bond acceptors (Lipinski definition) is 4. The number of ether oxygens (including phenoxy) is 1. The molecule has 3 aromatic rings. The molecule has 0 radical (unpaired) electrons. The number of thiophene rings is 1. The zero-order chi connectivity index (χ0) is 20.9. The van der Waals surface area contributed by atoms with E-state index >= 15 is 0 Å². The Morgan fingerprint density at radius 1 is 1.03 bits per heavy atom. The summed E-state index contributed by atoms with van der Waals surface area (Å²) >= 11 is 7.55. The molecule has 4 rings (SSSR count). The van der Waals surface area contributed by atoms with Crippen LogP contribution in [-0.4, -0.2) is 41.9 Å². The van der Waals surface area contributed by atoms with Crippen molar-refractivity contribution in [3.8, 4) is 5.75 Å². The average Bonchev–Trinajstić information content (AvgIpc) is 3.22. The van der Waals surface area contributed by atoms with Crippen LogP contribution in [0.1, 0.15) is 20.8 Å². The summed E-state index contributed by atoms with van der Waals surface area (Å²) in [5.41, 5.74) is 1.91. The third kappa shape index (κ3) is 5.19. The molecule has 0 saturated carbocycles. The molecule has 2 aromatic carbocycles. The number of para-hydroxylation sites is 1. The second-order valence-electron chi connectivity index (χ2n) is 7.24. The van der Waals surface area contributed by atoms with Gasteiger partial charge in [0.25, 0.3) is 5.91 Å². The van der Waals surface area contributed by atoms with Crippen molar-refractivity contribution in [1.29, 1.82) is 0 Å². The van der Waals surface area contributed by atoms with Crippen LogP contribution in [-0.2, 0) is 13.2 Å². The maximum absolute atomic E-state index is 13.4. The Morgan fingerprint density at radius 3 is 2.60 bits per heavy atom. The topological polar surface area (TPSA) is 32.8 Å². The normalized spacial score (nSPS) is 14.7. The lowest BCUT2D eigenvalue weighted by Gasteiger charge is -2.34. The van der Waals surface area contributed by atoms with E-state index in [0.717, 1.165) is 24.2 Å². The number of hydrogen-bond donors (Lipinski definition) is 0. The molecule has 1 aromatic heterocycles. The summed E-state index contributed by atoms with van der Waals surface area (Å²) < 4.78 is 19.1. The molecular weight excluding hydrogens is 423 g/mol. The third-order valence-corrected chi connectivity index (χ3v) is 6.33. The van der Waals surface area contributed by atoms with Crippen LogP contribution >= 0.6 is 22.9 Å². The highest BCUT2D eigenvalue weighted by molar-refractivity contribution is 7.12. The van der Waals surface area contributed by atoms with E-state index < -0.39 is 0 Å². The molecule has 156 valence electrons. The fraction of sp³-hybridized carbons (Fsp3) is 0.261. The maximum Gasteiger partial charge on any atom is 0.264 e. The lowest BCUT2D eigenvalue weighted by Crippen LogP contribution is -2.48. The van der Waals surface area contributed by atoms with Crippen LogP contribution in [0.3, 0.4) is 0 Å². The van der Waals surface area contributed by atoms with Crippen molar-refractivity contribution in [2.75, 3.05) is 26.2 Å². The van der Waals surface area contributed by atoms with E-state index in [1.807, 2.05) is 40.6 Å². The van der Waals surface area contributed by atoms with Gasteiger partial charge in [0, 0.05) is 38.3 Å². The van der Waals surface area contributed by atoms with Gasteiger partial charge in [0.05, 0.1) is 9.90 Å². The van der Waals surface area contributed by atoms with Gasteiger partial charge in [0.15, 0.2) is 0 Å². The van der Waals surface area contributed by atoms with Crippen LogP contribution < -0.4 is 4.74 Å². The van der Waals surface area contributed by atoms with Crippen molar-refractivity contribution in [1.82, 2.24) is 9.80 Å².